The monoisotopic (exact) mass is 299 g/mol. The van der Waals surface area contributed by atoms with Crippen molar-refractivity contribution in [3.8, 4) is 5.75 Å². The number of halogens is 1. The van der Waals surface area contributed by atoms with Crippen LogP contribution < -0.4 is 4.74 Å². The second-order valence-corrected chi connectivity index (χ2v) is 5.01. The molecule has 1 atom stereocenters. The first-order chi connectivity index (χ1) is 9.63. The van der Waals surface area contributed by atoms with Gasteiger partial charge in [0.05, 0.1) is 20.8 Å². The predicted molar refractivity (Wildman–Crippen MR) is 75.0 cm³/mol. The minimum atomic E-state index is -0.529. The first-order valence-corrected chi connectivity index (χ1v) is 6.76. The molecule has 0 N–H and O–H groups in total. The van der Waals surface area contributed by atoms with Crippen molar-refractivity contribution in [2.75, 3.05) is 33.9 Å². The largest absolute Gasteiger partial charge is 0.496 e. The Bertz CT molecular complexity index is 480. The average Bonchev–Trinajstić information content (AvgIpc) is 2.47. The van der Waals surface area contributed by atoms with Gasteiger partial charge in [-0.25, -0.2) is 4.79 Å². The molecule has 1 aliphatic heterocycles. The molecule has 1 unspecified atom stereocenters. The number of morpholine rings is 1. The lowest BCUT2D eigenvalue weighted by atomic mass is 10.1. The summed E-state index contributed by atoms with van der Waals surface area (Å²) in [6, 6.07) is 5.51. The molecule has 0 bridgehead atoms. The average molecular weight is 300 g/mol. The van der Waals surface area contributed by atoms with Crippen LogP contribution in [0, 0.1) is 0 Å². The first-order valence-electron chi connectivity index (χ1n) is 6.38. The standard InChI is InChI=1S/C14H18ClNO4/c1-18-12-4-3-11(15)7-10(12)8-16-5-6-20-13(9-16)14(17)19-2/h3-4,7,13H,5-6,8-9H2,1-2H3. The van der Waals surface area contributed by atoms with Gasteiger partial charge in [0.1, 0.15) is 5.75 Å². The first kappa shape index (κ1) is 15.1. The normalized spacial score (nSPS) is 19.6. The number of ether oxygens (including phenoxy) is 3. The lowest BCUT2D eigenvalue weighted by molar-refractivity contribution is -0.160. The van der Waals surface area contributed by atoms with Crippen LogP contribution in [0.15, 0.2) is 18.2 Å². The Hall–Kier alpha value is -1.30. The highest BCUT2D eigenvalue weighted by molar-refractivity contribution is 6.30. The number of hydrogen-bond donors (Lipinski definition) is 0. The quantitative estimate of drug-likeness (QED) is 0.792. The fraction of sp³-hybridized carbons (Fsp3) is 0.500. The van der Waals surface area contributed by atoms with Crippen molar-refractivity contribution in [2.45, 2.75) is 12.6 Å². The van der Waals surface area contributed by atoms with Crippen LogP contribution in [0.3, 0.4) is 0 Å². The van der Waals surface area contributed by atoms with Crippen molar-refractivity contribution in [1.82, 2.24) is 4.90 Å². The second-order valence-electron chi connectivity index (χ2n) is 4.57. The number of benzene rings is 1. The molecule has 1 saturated heterocycles. The van der Waals surface area contributed by atoms with Crippen LogP contribution in [0.1, 0.15) is 5.56 Å². The van der Waals surface area contributed by atoms with E-state index in [1.54, 1.807) is 13.2 Å². The van der Waals surface area contributed by atoms with Crippen molar-refractivity contribution in [3.05, 3.63) is 28.8 Å². The molecule has 2 rings (SSSR count). The van der Waals surface area contributed by atoms with E-state index in [0.29, 0.717) is 24.7 Å². The highest BCUT2D eigenvalue weighted by Crippen LogP contribution is 2.24. The van der Waals surface area contributed by atoms with Crippen molar-refractivity contribution >= 4 is 17.6 Å². The number of hydrogen-bond acceptors (Lipinski definition) is 5. The highest BCUT2D eigenvalue weighted by Gasteiger charge is 2.27. The second kappa shape index (κ2) is 6.92. The summed E-state index contributed by atoms with van der Waals surface area (Å²) < 4.78 is 15.5. The highest BCUT2D eigenvalue weighted by atomic mass is 35.5. The topological polar surface area (TPSA) is 48.0 Å². The van der Waals surface area contributed by atoms with Gasteiger partial charge < -0.3 is 14.2 Å². The zero-order valence-corrected chi connectivity index (χ0v) is 12.4. The fourth-order valence-corrected chi connectivity index (χ4v) is 2.43. The Morgan fingerprint density at radius 1 is 1.50 bits per heavy atom. The summed E-state index contributed by atoms with van der Waals surface area (Å²) in [4.78, 5) is 13.6. The molecule has 0 saturated carbocycles. The van der Waals surface area contributed by atoms with Gasteiger partial charge in [-0.2, -0.15) is 0 Å². The van der Waals surface area contributed by atoms with Crippen molar-refractivity contribution in [1.29, 1.82) is 0 Å². The van der Waals surface area contributed by atoms with Gasteiger partial charge in [0.15, 0.2) is 6.10 Å². The molecular formula is C14H18ClNO4. The number of methoxy groups -OCH3 is 2. The number of rotatable bonds is 4. The lowest BCUT2D eigenvalue weighted by Gasteiger charge is -2.31. The number of carbonyl (C=O) groups excluding carboxylic acids is 1. The Kier molecular flexibility index (Phi) is 5.23. The van der Waals surface area contributed by atoms with E-state index in [0.717, 1.165) is 17.9 Å². The Morgan fingerprint density at radius 2 is 2.30 bits per heavy atom. The maximum Gasteiger partial charge on any atom is 0.336 e. The molecule has 110 valence electrons. The fourth-order valence-electron chi connectivity index (χ4n) is 2.23. The van der Waals surface area contributed by atoms with E-state index in [9.17, 15) is 4.79 Å². The van der Waals surface area contributed by atoms with Gasteiger partial charge in [-0.3, -0.25) is 4.90 Å². The van der Waals surface area contributed by atoms with E-state index >= 15 is 0 Å². The van der Waals surface area contributed by atoms with E-state index < -0.39 is 6.10 Å². The Balaban J connectivity index is 2.06. The third kappa shape index (κ3) is 3.62. The molecule has 0 aliphatic carbocycles. The molecule has 0 radical (unpaired) electrons. The SMILES string of the molecule is COC(=O)C1CN(Cc2cc(Cl)ccc2OC)CCO1. The molecule has 1 aromatic carbocycles. The molecule has 0 aromatic heterocycles. The molecule has 1 aliphatic rings. The van der Waals surface area contributed by atoms with Crippen molar-refractivity contribution in [3.63, 3.8) is 0 Å². The molecular weight excluding hydrogens is 282 g/mol. The molecule has 5 nitrogen and oxygen atoms in total. The van der Waals surface area contributed by atoms with Gasteiger partial charge in [-0.15, -0.1) is 0 Å². The van der Waals surface area contributed by atoms with Crippen molar-refractivity contribution < 1.29 is 19.0 Å². The maximum absolute atomic E-state index is 11.5. The van der Waals surface area contributed by atoms with Crippen LogP contribution in [0.25, 0.3) is 0 Å². The number of carbonyl (C=O) groups is 1. The van der Waals surface area contributed by atoms with Crippen LogP contribution in [0.5, 0.6) is 5.75 Å². The maximum atomic E-state index is 11.5. The molecule has 1 aromatic rings. The summed E-state index contributed by atoms with van der Waals surface area (Å²) >= 11 is 6.02. The summed E-state index contributed by atoms with van der Waals surface area (Å²) in [6.45, 7) is 2.41. The van der Waals surface area contributed by atoms with Crippen LogP contribution in [0.4, 0.5) is 0 Å². The van der Waals surface area contributed by atoms with Gasteiger partial charge in [-0.1, -0.05) is 11.6 Å². The van der Waals surface area contributed by atoms with Gasteiger partial charge in [-0.05, 0) is 18.2 Å². The van der Waals surface area contributed by atoms with Crippen LogP contribution in [0.2, 0.25) is 5.02 Å². The van der Waals surface area contributed by atoms with E-state index in [2.05, 4.69) is 4.90 Å². The Morgan fingerprint density at radius 3 is 3.00 bits per heavy atom. The third-order valence-electron chi connectivity index (χ3n) is 3.25. The number of nitrogens with zero attached hydrogens (tertiary/aromatic N) is 1. The molecule has 6 heteroatoms. The predicted octanol–water partition coefficient (Wildman–Crippen LogP) is 1.72. The van der Waals surface area contributed by atoms with Gasteiger partial charge in [0.25, 0.3) is 0 Å². The van der Waals surface area contributed by atoms with E-state index in [1.807, 2.05) is 12.1 Å². The van der Waals surface area contributed by atoms with E-state index in [-0.39, 0.29) is 5.97 Å². The summed E-state index contributed by atoms with van der Waals surface area (Å²) in [5.41, 5.74) is 0.991. The van der Waals surface area contributed by atoms with Crippen LogP contribution >= 0.6 is 11.6 Å². The van der Waals surface area contributed by atoms with E-state index in [1.165, 1.54) is 7.11 Å². The van der Waals surface area contributed by atoms with Crippen LogP contribution in [-0.4, -0.2) is 50.9 Å². The smallest absolute Gasteiger partial charge is 0.336 e. The zero-order valence-electron chi connectivity index (χ0n) is 11.6. The third-order valence-corrected chi connectivity index (χ3v) is 3.49. The number of esters is 1. The lowest BCUT2D eigenvalue weighted by Crippen LogP contribution is -2.46. The summed E-state index contributed by atoms with van der Waals surface area (Å²) in [6.07, 6.45) is -0.529. The van der Waals surface area contributed by atoms with Crippen molar-refractivity contribution in [2.24, 2.45) is 0 Å². The van der Waals surface area contributed by atoms with Gasteiger partial charge in [0, 0.05) is 30.2 Å². The summed E-state index contributed by atoms with van der Waals surface area (Å²) in [5, 5.41) is 0.665. The molecule has 20 heavy (non-hydrogen) atoms. The minimum Gasteiger partial charge on any atom is -0.496 e. The van der Waals surface area contributed by atoms with E-state index in [4.69, 9.17) is 25.8 Å². The molecule has 0 spiro atoms. The van der Waals surface area contributed by atoms with Crippen LogP contribution in [-0.2, 0) is 20.8 Å². The molecule has 1 heterocycles. The summed E-state index contributed by atoms with van der Waals surface area (Å²) in [5.74, 6) is 0.447. The zero-order chi connectivity index (χ0) is 14.5. The molecule has 0 amide bonds. The van der Waals surface area contributed by atoms with Gasteiger partial charge >= 0.3 is 5.97 Å². The summed E-state index contributed by atoms with van der Waals surface area (Å²) in [7, 11) is 2.99. The Labute approximate surface area is 123 Å². The van der Waals surface area contributed by atoms with Gasteiger partial charge in [0.2, 0.25) is 0 Å². The molecule has 1 fully saturated rings. The minimum absolute atomic E-state index is 0.340.